The third-order valence-electron chi connectivity index (χ3n) is 5.85. The molecule has 0 aromatic heterocycles. The molecule has 35 heavy (non-hydrogen) atoms. The molecule has 0 aliphatic carbocycles. The first-order valence-electron chi connectivity index (χ1n) is 11.2. The number of anilines is 3. The summed E-state index contributed by atoms with van der Waals surface area (Å²) in [5.41, 5.74) is 2.78. The van der Waals surface area contributed by atoms with Gasteiger partial charge >= 0.3 is 0 Å². The van der Waals surface area contributed by atoms with Gasteiger partial charge in [0, 0.05) is 18.7 Å². The van der Waals surface area contributed by atoms with Crippen LogP contribution in [-0.4, -0.2) is 33.9 Å². The van der Waals surface area contributed by atoms with E-state index in [4.69, 9.17) is 4.74 Å². The molecule has 3 aromatic rings. The maximum absolute atomic E-state index is 13.2. The zero-order valence-corrected chi connectivity index (χ0v) is 20.6. The van der Waals surface area contributed by atoms with Gasteiger partial charge in [-0.05, 0) is 67.8 Å². The summed E-state index contributed by atoms with van der Waals surface area (Å²) in [6.45, 7) is 4.12. The number of amides is 2. The predicted octanol–water partition coefficient (Wildman–Crippen LogP) is 4.49. The van der Waals surface area contributed by atoms with Crippen molar-refractivity contribution < 1.29 is 22.7 Å². The molecular weight excluding hydrogens is 466 g/mol. The van der Waals surface area contributed by atoms with Crippen LogP contribution in [0.2, 0.25) is 0 Å². The Morgan fingerprint density at radius 2 is 1.80 bits per heavy atom. The van der Waals surface area contributed by atoms with Crippen LogP contribution in [-0.2, 0) is 14.8 Å². The Morgan fingerprint density at radius 3 is 2.51 bits per heavy atom. The van der Waals surface area contributed by atoms with Crippen molar-refractivity contribution >= 4 is 38.9 Å². The maximum atomic E-state index is 13.2. The van der Waals surface area contributed by atoms with Crippen molar-refractivity contribution in [1.29, 1.82) is 0 Å². The molecule has 1 heterocycles. The number of rotatable bonds is 7. The van der Waals surface area contributed by atoms with E-state index in [2.05, 4.69) is 10.0 Å². The van der Waals surface area contributed by atoms with Gasteiger partial charge < -0.3 is 15.0 Å². The Kier molecular flexibility index (Phi) is 6.79. The van der Waals surface area contributed by atoms with Crippen LogP contribution in [0.25, 0.3) is 0 Å². The summed E-state index contributed by atoms with van der Waals surface area (Å²) in [6.07, 6.45) is 1.22. The number of carbonyl (C=O) groups excluding carboxylic acids is 2. The van der Waals surface area contributed by atoms with Gasteiger partial charge in [0.1, 0.15) is 5.75 Å². The number of ether oxygens (including phenoxy) is 1. The topological polar surface area (TPSA) is 105 Å². The lowest BCUT2D eigenvalue weighted by Crippen LogP contribution is -2.24. The van der Waals surface area contributed by atoms with E-state index in [9.17, 15) is 18.0 Å². The number of carbonyl (C=O) groups is 2. The summed E-state index contributed by atoms with van der Waals surface area (Å²) in [5.74, 6) is 0.0334. The molecule has 0 radical (unpaired) electrons. The minimum absolute atomic E-state index is 0.00188. The predicted molar refractivity (Wildman–Crippen MR) is 136 cm³/mol. The molecular formula is C26H27N3O5S. The van der Waals surface area contributed by atoms with Gasteiger partial charge in [-0.15, -0.1) is 0 Å². The highest BCUT2D eigenvalue weighted by Crippen LogP contribution is 2.34. The van der Waals surface area contributed by atoms with Crippen LogP contribution in [0.4, 0.5) is 17.1 Å². The highest BCUT2D eigenvalue weighted by atomic mass is 32.2. The fraction of sp³-hybridized carbons (Fsp3) is 0.231. The Morgan fingerprint density at radius 1 is 1.03 bits per heavy atom. The van der Waals surface area contributed by atoms with E-state index in [-0.39, 0.29) is 22.1 Å². The lowest BCUT2D eigenvalue weighted by atomic mass is 10.1. The van der Waals surface area contributed by atoms with Crippen molar-refractivity contribution in [3.63, 3.8) is 0 Å². The summed E-state index contributed by atoms with van der Waals surface area (Å²) >= 11 is 0. The molecule has 0 atom stereocenters. The van der Waals surface area contributed by atoms with Gasteiger partial charge in [-0.25, -0.2) is 8.42 Å². The summed E-state index contributed by atoms with van der Waals surface area (Å²) < 4.78 is 34.2. The molecule has 9 heteroatoms. The third kappa shape index (κ3) is 5.14. The number of nitrogens with one attached hydrogen (secondary N) is 2. The van der Waals surface area contributed by atoms with E-state index < -0.39 is 15.9 Å². The van der Waals surface area contributed by atoms with Crippen LogP contribution in [0.15, 0.2) is 65.6 Å². The normalized spacial score (nSPS) is 13.6. The van der Waals surface area contributed by atoms with Crippen molar-refractivity contribution in [3.8, 4) is 5.75 Å². The van der Waals surface area contributed by atoms with E-state index in [1.165, 1.54) is 7.11 Å². The molecule has 0 unspecified atom stereocenters. The van der Waals surface area contributed by atoms with E-state index in [0.29, 0.717) is 35.7 Å². The van der Waals surface area contributed by atoms with Crippen molar-refractivity contribution in [2.24, 2.45) is 0 Å². The molecule has 2 N–H and O–H groups in total. The average Bonchev–Trinajstić information content (AvgIpc) is 3.26. The lowest BCUT2D eigenvalue weighted by molar-refractivity contribution is -0.117. The van der Waals surface area contributed by atoms with Crippen molar-refractivity contribution in [2.75, 3.05) is 28.6 Å². The van der Waals surface area contributed by atoms with Gasteiger partial charge in [0.25, 0.3) is 15.9 Å². The van der Waals surface area contributed by atoms with Gasteiger partial charge in [-0.2, -0.15) is 0 Å². The zero-order chi connectivity index (χ0) is 25.2. The van der Waals surface area contributed by atoms with Gasteiger partial charge in [0.2, 0.25) is 5.91 Å². The van der Waals surface area contributed by atoms with Crippen molar-refractivity contribution in [2.45, 2.75) is 31.6 Å². The number of aryl methyl sites for hydroxylation is 2. The van der Waals surface area contributed by atoms with Crippen LogP contribution in [0.5, 0.6) is 5.75 Å². The van der Waals surface area contributed by atoms with Crippen molar-refractivity contribution in [1.82, 2.24) is 0 Å². The maximum Gasteiger partial charge on any atom is 0.262 e. The minimum Gasteiger partial charge on any atom is -0.495 e. The number of hydrogen-bond acceptors (Lipinski definition) is 5. The van der Waals surface area contributed by atoms with E-state index in [1.54, 1.807) is 66.4 Å². The van der Waals surface area contributed by atoms with Crippen LogP contribution in [0.3, 0.4) is 0 Å². The second-order valence-electron chi connectivity index (χ2n) is 8.41. The fourth-order valence-corrected chi connectivity index (χ4v) is 5.46. The molecule has 0 bridgehead atoms. The van der Waals surface area contributed by atoms with Gasteiger partial charge in [0.15, 0.2) is 0 Å². The van der Waals surface area contributed by atoms with Crippen LogP contribution >= 0.6 is 0 Å². The first kappa shape index (κ1) is 24.3. The molecule has 1 aliphatic heterocycles. The lowest BCUT2D eigenvalue weighted by Gasteiger charge is -2.20. The molecule has 1 saturated heterocycles. The first-order valence-corrected chi connectivity index (χ1v) is 12.7. The van der Waals surface area contributed by atoms with Gasteiger partial charge in [0.05, 0.1) is 28.9 Å². The Hall–Kier alpha value is -3.85. The quantitative estimate of drug-likeness (QED) is 0.505. The fourth-order valence-electron chi connectivity index (χ4n) is 4.05. The number of hydrogen-bond donors (Lipinski definition) is 2. The molecule has 1 fully saturated rings. The number of benzene rings is 3. The van der Waals surface area contributed by atoms with Crippen LogP contribution in [0, 0.1) is 13.8 Å². The van der Waals surface area contributed by atoms with E-state index in [1.807, 2.05) is 13.0 Å². The SMILES string of the molecule is COc1ccc(NC(=O)c2ccccc2NS(=O)(=O)c2cc(C)ccc2C)cc1N1CCCC1=O. The third-order valence-corrected chi connectivity index (χ3v) is 7.36. The van der Waals surface area contributed by atoms with Gasteiger partial charge in [-0.1, -0.05) is 24.3 Å². The molecule has 2 amide bonds. The average molecular weight is 494 g/mol. The molecule has 0 spiro atoms. The van der Waals surface area contributed by atoms with E-state index in [0.717, 1.165) is 12.0 Å². The smallest absolute Gasteiger partial charge is 0.262 e. The molecule has 182 valence electrons. The minimum atomic E-state index is -3.92. The largest absolute Gasteiger partial charge is 0.495 e. The number of nitrogens with zero attached hydrogens (tertiary/aromatic N) is 1. The highest BCUT2D eigenvalue weighted by molar-refractivity contribution is 7.92. The summed E-state index contributed by atoms with van der Waals surface area (Å²) in [4.78, 5) is 27.2. The standard InChI is InChI=1S/C26H27N3O5S/c1-17-10-11-18(2)24(15-17)35(32,33)28-21-8-5-4-7-20(21)26(31)27-19-12-13-23(34-3)22(16-19)29-14-6-9-25(29)30/h4-5,7-8,10-13,15-16,28H,6,9,14H2,1-3H3,(H,27,31). The highest BCUT2D eigenvalue weighted by Gasteiger charge is 2.25. The summed E-state index contributed by atoms with van der Waals surface area (Å²) in [7, 11) is -2.40. The molecule has 1 aliphatic rings. The van der Waals surface area contributed by atoms with E-state index >= 15 is 0 Å². The number of sulfonamides is 1. The summed E-state index contributed by atoms with van der Waals surface area (Å²) in [6, 6.07) is 16.6. The van der Waals surface area contributed by atoms with Gasteiger partial charge in [-0.3, -0.25) is 14.3 Å². The van der Waals surface area contributed by atoms with Crippen molar-refractivity contribution in [3.05, 3.63) is 77.4 Å². The number of methoxy groups -OCH3 is 1. The second-order valence-corrected chi connectivity index (χ2v) is 10.1. The Labute approximate surface area is 205 Å². The molecule has 0 saturated carbocycles. The second kappa shape index (κ2) is 9.79. The molecule has 8 nitrogen and oxygen atoms in total. The zero-order valence-electron chi connectivity index (χ0n) is 19.8. The molecule has 3 aromatic carbocycles. The summed E-state index contributed by atoms with van der Waals surface area (Å²) in [5, 5.41) is 2.81. The Balaban J connectivity index is 1.61. The monoisotopic (exact) mass is 493 g/mol. The Bertz CT molecular complexity index is 1400. The van der Waals surface area contributed by atoms with Crippen LogP contribution < -0.4 is 19.7 Å². The number of para-hydroxylation sites is 1. The van der Waals surface area contributed by atoms with Crippen LogP contribution in [0.1, 0.15) is 34.3 Å². The molecule has 4 rings (SSSR count). The first-order chi connectivity index (χ1) is 16.7.